The summed E-state index contributed by atoms with van der Waals surface area (Å²) in [6, 6.07) is 6.33. The monoisotopic (exact) mass is 413 g/mol. The molecule has 3 rings (SSSR count). The van der Waals surface area contributed by atoms with Gasteiger partial charge in [0.2, 0.25) is 0 Å². The first-order chi connectivity index (χ1) is 12.4. The fraction of sp³-hybridized carbons (Fsp3) is 0.682. The number of nitrogens with zero attached hydrogens (tertiary/aromatic N) is 1. The van der Waals surface area contributed by atoms with E-state index in [-0.39, 0.29) is 29.4 Å². The predicted molar refractivity (Wildman–Crippen MR) is 114 cm³/mol. The van der Waals surface area contributed by atoms with Gasteiger partial charge in [-0.2, -0.15) is 0 Å². The highest BCUT2D eigenvalue weighted by Gasteiger charge is 2.58. The Morgan fingerprint density at radius 2 is 1.96 bits per heavy atom. The molecule has 0 spiro atoms. The summed E-state index contributed by atoms with van der Waals surface area (Å²) in [5.74, 6) is -0.0332. The van der Waals surface area contributed by atoms with Gasteiger partial charge in [-0.25, -0.2) is 0 Å². The number of carbonyl (C=O) groups excluding carboxylic acids is 1. The molecule has 0 aliphatic heterocycles. The van der Waals surface area contributed by atoms with Gasteiger partial charge in [-0.3, -0.25) is 4.79 Å². The quantitative estimate of drug-likeness (QED) is 0.572. The van der Waals surface area contributed by atoms with E-state index in [0.717, 1.165) is 56.5 Å². The van der Waals surface area contributed by atoms with Crippen molar-refractivity contribution in [2.24, 2.45) is 0 Å². The summed E-state index contributed by atoms with van der Waals surface area (Å²) >= 11 is 6.42. The number of fused-ring (bicyclic) bond motifs is 3. The van der Waals surface area contributed by atoms with E-state index in [4.69, 9.17) is 16.3 Å². The topological polar surface area (TPSA) is 29.5 Å². The standard InChI is InChI=1S/C22H32ClNO2.ClH/c1-4-7-20(25)26-22-12-6-5-11-21(22,14-15-24(2)3)19-16-18(23)9-8-17(19)10-13-22;/h8-9,16H,4-7,10-15H2,1-3H3;1H/t21-,22?;/m0./s1. The summed E-state index contributed by atoms with van der Waals surface area (Å²) in [5.41, 5.74) is 2.24. The van der Waals surface area contributed by atoms with Crippen molar-refractivity contribution in [3.05, 3.63) is 34.3 Å². The normalized spacial score (nSPS) is 26.7. The lowest BCUT2D eigenvalue weighted by Crippen LogP contribution is -2.59. The second kappa shape index (κ2) is 9.15. The van der Waals surface area contributed by atoms with Crippen molar-refractivity contribution in [1.29, 1.82) is 0 Å². The third-order valence-corrected chi connectivity index (χ3v) is 6.68. The van der Waals surface area contributed by atoms with Crippen molar-refractivity contribution < 1.29 is 9.53 Å². The maximum absolute atomic E-state index is 12.6. The number of carbonyl (C=O) groups is 1. The maximum atomic E-state index is 12.6. The third kappa shape index (κ3) is 4.31. The fourth-order valence-corrected chi connectivity index (χ4v) is 5.34. The Labute approximate surface area is 175 Å². The predicted octanol–water partition coefficient (Wildman–Crippen LogP) is 5.55. The zero-order valence-corrected chi connectivity index (χ0v) is 18.4. The molecule has 0 N–H and O–H groups in total. The first kappa shape index (κ1) is 22.5. The molecule has 152 valence electrons. The highest BCUT2D eigenvalue weighted by atomic mass is 35.5. The highest BCUT2D eigenvalue weighted by Crippen LogP contribution is 2.57. The van der Waals surface area contributed by atoms with Crippen LogP contribution in [-0.4, -0.2) is 37.1 Å². The number of esters is 1. The largest absolute Gasteiger partial charge is 0.458 e. The highest BCUT2D eigenvalue weighted by molar-refractivity contribution is 6.30. The molecule has 0 aromatic heterocycles. The molecular weight excluding hydrogens is 381 g/mol. The van der Waals surface area contributed by atoms with E-state index in [0.29, 0.717) is 6.42 Å². The van der Waals surface area contributed by atoms with E-state index >= 15 is 0 Å². The van der Waals surface area contributed by atoms with Crippen LogP contribution in [0.4, 0.5) is 0 Å². The Hall–Kier alpha value is -0.770. The number of ether oxygens (including phenoxy) is 1. The lowest BCUT2D eigenvalue weighted by Gasteiger charge is -2.56. The van der Waals surface area contributed by atoms with E-state index in [1.807, 2.05) is 13.0 Å². The summed E-state index contributed by atoms with van der Waals surface area (Å²) in [5, 5.41) is 0.786. The van der Waals surface area contributed by atoms with Crippen LogP contribution < -0.4 is 0 Å². The Morgan fingerprint density at radius 3 is 2.67 bits per heavy atom. The van der Waals surface area contributed by atoms with Gasteiger partial charge in [0, 0.05) is 16.9 Å². The molecule has 1 aromatic rings. The second-order valence-corrected chi connectivity index (χ2v) is 8.80. The van der Waals surface area contributed by atoms with E-state index in [9.17, 15) is 4.79 Å². The van der Waals surface area contributed by atoms with Gasteiger partial charge in [-0.05, 0) is 88.8 Å². The van der Waals surface area contributed by atoms with Crippen LogP contribution in [0.3, 0.4) is 0 Å². The van der Waals surface area contributed by atoms with Crippen molar-refractivity contribution in [2.45, 2.75) is 75.7 Å². The molecule has 0 heterocycles. The van der Waals surface area contributed by atoms with Crippen LogP contribution in [0.15, 0.2) is 18.2 Å². The molecule has 2 aliphatic carbocycles. The summed E-state index contributed by atoms with van der Waals surface area (Å²) < 4.78 is 6.36. The molecule has 5 heteroatoms. The molecule has 0 amide bonds. The molecule has 27 heavy (non-hydrogen) atoms. The van der Waals surface area contributed by atoms with Gasteiger partial charge in [0.05, 0.1) is 0 Å². The van der Waals surface area contributed by atoms with E-state index < -0.39 is 0 Å². The zero-order chi connectivity index (χ0) is 18.8. The molecule has 3 nitrogen and oxygen atoms in total. The van der Waals surface area contributed by atoms with E-state index in [1.54, 1.807) is 0 Å². The fourth-order valence-electron chi connectivity index (χ4n) is 5.17. The Morgan fingerprint density at radius 1 is 1.22 bits per heavy atom. The first-order valence-electron chi connectivity index (χ1n) is 10.1. The molecule has 1 fully saturated rings. The number of benzene rings is 1. The van der Waals surface area contributed by atoms with Crippen molar-refractivity contribution in [3.8, 4) is 0 Å². The van der Waals surface area contributed by atoms with Gasteiger partial charge in [0.25, 0.3) is 0 Å². The summed E-state index contributed by atoms with van der Waals surface area (Å²) in [7, 11) is 4.23. The molecule has 2 atom stereocenters. The lowest BCUT2D eigenvalue weighted by atomic mass is 9.53. The Bertz CT molecular complexity index is 664. The van der Waals surface area contributed by atoms with Crippen LogP contribution in [0.5, 0.6) is 0 Å². The summed E-state index contributed by atoms with van der Waals surface area (Å²) in [6.07, 6.45) is 8.63. The maximum Gasteiger partial charge on any atom is 0.306 e. The third-order valence-electron chi connectivity index (χ3n) is 6.44. The van der Waals surface area contributed by atoms with Crippen molar-refractivity contribution in [3.63, 3.8) is 0 Å². The van der Waals surface area contributed by atoms with Gasteiger partial charge in [-0.1, -0.05) is 31.0 Å². The summed E-state index contributed by atoms with van der Waals surface area (Å²) in [6.45, 7) is 3.02. The Balaban J connectivity index is 0.00000261. The molecule has 2 aliphatic rings. The number of hydrogen-bond donors (Lipinski definition) is 0. The average Bonchev–Trinajstić information content (AvgIpc) is 2.60. The van der Waals surface area contributed by atoms with Crippen LogP contribution >= 0.6 is 24.0 Å². The minimum atomic E-state index is -0.370. The van der Waals surface area contributed by atoms with Crippen LogP contribution in [-0.2, 0) is 21.4 Å². The lowest BCUT2D eigenvalue weighted by molar-refractivity contribution is -0.179. The average molecular weight is 414 g/mol. The molecule has 1 saturated carbocycles. The van der Waals surface area contributed by atoms with Gasteiger partial charge in [0.15, 0.2) is 0 Å². The molecule has 1 aromatic carbocycles. The van der Waals surface area contributed by atoms with Crippen LogP contribution in [0.25, 0.3) is 0 Å². The van der Waals surface area contributed by atoms with E-state index in [2.05, 4.69) is 31.1 Å². The summed E-state index contributed by atoms with van der Waals surface area (Å²) in [4.78, 5) is 14.8. The molecular formula is C22H33Cl2NO2. The number of rotatable bonds is 6. The molecule has 0 bridgehead atoms. The van der Waals surface area contributed by atoms with Gasteiger partial charge < -0.3 is 9.64 Å². The van der Waals surface area contributed by atoms with Crippen molar-refractivity contribution >= 4 is 30.0 Å². The van der Waals surface area contributed by atoms with Crippen molar-refractivity contribution in [1.82, 2.24) is 4.90 Å². The SMILES string of the molecule is CCCC(=O)OC12CCCC[C@]1(CCN(C)C)c1cc(Cl)ccc1CC2.Cl. The van der Waals surface area contributed by atoms with Crippen LogP contribution in [0.2, 0.25) is 5.02 Å². The zero-order valence-electron chi connectivity index (χ0n) is 16.9. The van der Waals surface area contributed by atoms with Crippen molar-refractivity contribution in [2.75, 3.05) is 20.6 Å². The molecule has 0 saturated heterocycles. The van der Waals surface area contributed by atoms with Gasteiger partial charge in [-0.15, -0.1) is 12.4 Å². The van der Waals surface area contributed by atoms with Gasteiger partial charge in [0.1, 0.15) is 5.60 Å². The van der Waals surface area contributed by atoms with Gasteiger partial charge >= 0.3 is 5.97 Å². The number of hydrogen-bond acceptors (Lipinski definition) is 3. The first-order valence-corrected chi connectivity index (χ1v) is 10.5. The second-order valence-electron chi connectivity index (χ2n) is 8.36. The molecule has 1 unspecified atom stereocenters. The minimum Gasteiger partial charge on any atom is -0.458 e. The molecule has 0 radical (unpaired) electrons. The Kier molecular flexibility index (Phi) is 7.63. The smallest absolute Gasteiger partial charge is 0.306 e. The van der Waals surface area contributed by atoms with E-state index in [1.165, 1.54) is 17.5 Å². The minimum absolute atomic E-state index is 0. The number of halogens is 2. The van der Waals surface area contributed by atoms with Crippen LogP contribution in [0.1, 0.15) is 69.4 Å². The number of aryl methyl sites for hydroxylation is 1. The van der Waals surface area contributed by atoms with Crippen LogP contribution in [0, 0.1) is 0 Å².